The average molecular weight is 289 g/mol. The molecule has 1 heterocycles. The van der Waals surface area contributed by atoms with Crippen molar-refractivity contribution in [1.29, 1.82) is 0 Å². The maximum absolute atomic E-state index is 12.4. The largest absolute Gasteiger partial charge is 0.346 e. The zero-order valence-corrected chi connectivity index (χ0v) is 12.2. The lowest BCUT2D eigenvalue weighted by molar-refractivity contribution is -0.107. The number of rotatable bonds is 8. The van der Waals surface area contributed by atoms with Gasteiger partial charge in [-0.05, 0) is 19.4 Å². The predicted octanol–water partition coefficient (Wildman–Crippen LogP) is 1.91. The molecule has 0 fully saturated rings. The van der Waals surface area contributed by atoms with E-state index in [0.717, 1.165) is 5.56 Å². The molecule has 0 N–H and O–H groups in total. The molecule has 2 rings (SSSR count). The summed E-state index contributed by atoms with van der Waals surface area (Å²) in [6.45, 7) is 4.91. The highest BCUT2D eigenvalue weighted by atomic mass is 16.7. The van der Waals surface area contributed by atoms with Gasteiger partial charge in [0.05, 0.1) is 12.7 Å². The second-order valence-electron chi connectivity index (χ2n) is 4.37. The highest BCUT2D eigenvalue weighted by Gasteiger charge is 2.24. The Balaban J connectivity index is 2.16. The first kappa shape index (κ1) is 15.3. The van der Waals surface area contributed by atoms with Crippen molar-refractivity contribution in [1.82, 2.24) is 15.0 Å². The van der Waals surface area contributed by atoms with Gasteiger partial charge in [-0.1, -0.05) is 35.5 Å². The van der Waals surface area contributed by atoms with E-state index < -0.39 is 6.29 Å². The quantitative estimate of drug-likeness (QED) is 0.548. The summed E-state index contributed by atoms with van der Waals surface area (Å²) in [6, 6.07) is 9.77. The number of hydrogen-bond acceptors (Lipinski definition) is 5. The molecule has 0 saturated heterocycles. The van der Waals surface area contributed by atoms with Crippen molar-refractivity contribution in [3.63, 3.8) is 0 Å². The van der Waals surface area contributed by atoms with Crippen molar-refractivity contribution in [3.05, 3.63) is 47.8 Å². The zero-order chi connectivity index (χ0) is 15.1. The summed E-state index contributed by atoms with van der Waals surface area (Å²) in [5.74, 6) is -0.264. The minimum Gasteiger partial charge on any atom is -0.346 e. The molecule has 0 aliphatic carbocycles. The van der Waals surface area contributed by atoms with E-state index in [1.807, 2.05) is 44.2 Å². The Hall–Kier alpha value is -2.05. The van der Waals surface area contributed by atoms with Gasteiger partial charge in [0.2, 0.25) is 12.1 Å². The van der Waals surface area contributed by atoms with Crippen LogP contribution < -0.4 is 0 Å². The van der Waals surface area contributed by atoms with Gasteiger partial charge in [0, 0.05) is 13.2 Å². The summed E-state index contributed by atoms with van der Waals surface area (Å²) in [4.78, 5) is 12.4. The minimum absolute atomic E-state index is 0.264. The Kier molecular flexibility index (Phi) is 5.59. The molecule has 112 valence electrons. The van der Waals surface area contributed by atoms with E-state index in [1.54, 1.807) is 4.68 Å². The summed E-state index contributed by atoms with van der Waals surface area (Å²) in [5, 5.41) is 7.79. The Bertz CT molecular complexity index is 563. The van der Waals surface area contributed by atoms with Crippen molar-refractivity contribution in [2.24, 2.45) is 0 Å². The smallest absolute Gasteiger partial charge is 0.238 e. The Labute approximate surface area is 123 Å². The Morgan fingerprint density at radius 3 is 2.48 bits per heavy atom. The molecular formula is C15H19N3O3. The normalized spacial score (nSPS) is 11.0. The summed E-state index contributed by atoms with van der Waals surface area (Å²) >= 11 is 0. The lowest BCUT2D eigenvalue weighted by Gasteiger charge is -2.15. The van der Waals surface area contributed by atoms with Gasteiger partial charge in [0.1, 0.15) is 5.69 Å². The van der Waals surface area contributed by atoms with Gasteiger partial charge in [-0.3, -0.25) is 4.79 Å². The lowest BCUT2D eigenvalue weighted by atomic mass is 10.2. The van der Waals surface area contributed by atoms with Crippen molar-refractivity contribution < 1.29 is 14.3 Å². The summed E-state index contributed by atoms with van der Waals surface area (Å²) in [5.41, 5.74) is 1.42. The molecule has 0 radical (unpaired) electrons. The fourth-order valence-corrected chi connectivity index (χ4v) is 1.94. The Morgan fingerprint density at radius 2 is 1.86 bits per heavy atom. The number of benzene rings is 1. The number of Topliss-reactive ketones (excluding diaryl/α,β-unsaturated/α-hetero) is 1. The molecule has 0 saturated carbocycles. The fourth-order valence-electron chi connectivity index (χ4n) is 1.94. The van der Waals surface area contributed by atoms with Gasteiger partial charge in [-0.25, -0.2) is 4.68 Å². The number of ketones is 1. The van der Waals surface area contributed by atoms with E-state index in [1.165, 1.54) is 6.20 Å². The van der Waals surface area contributed by atoms with Crippen LogP contribution >= 0.6 is 0 Å². The molecular weight excluding hydrogens is 270 g/mol. The molecule has 1 aromatic carbocycles. The third-order valence-corrected chi connectivity index (χ3v) is 2.90. The topological polar surface area (TPSA) is 66.2 Å². The molecule has 0 bridgehead atoms. The number of hydrogen-bond donors (Lipinski definition) is 0. The monoisotopic (exact) mass is 289 g/mol. The number of carbonyl (C=O) groups excluding carboxylic acids is 1. The first-order valence-corrected chi connectivity index (χ1v) is 6.96. The van der Waals surface area contributed by atoms with Crippen LogP contribution in [0.15, 0.2) is 36.5 Å². The average Bonchev–Trinajstić information content (AvgIpc) is 2.95. The van der Waals surface area contributed by atoms with Gasteiger partial charge in [0.25, 0.3) is 0 Å². The van der Waals surface area contributed by atoms with Gasteiger partial charge in [0.15, 0.2) is 0 Å². The molecule has 0 aliphatic rings. The van der Waals surface area contributed by atoms with Crippen LogP contribution in [-0.2, 0) is 16.0 Å². The zero-order valence-electron chi connectivity index (χ0n) is 12.2. The van der Waals surface area contributed by atoms with Crippen LogP contribution in [0.3, 0.4) is 0 Å². The molecule has 6 heteroatoms. The van der Waals surface area contributed by atoms with Crippen molar-refractivity contribution in [3.8, 4) is 0 Å². The fraction of sp³-hybridized carbons (Fsp3) is 0.400. The van der Waals surface area contributed by atoms with Crippen LogP contribution in [0.4, 0.5) is 0 Å². The van der Waals surface area contributed by atoms with Gasteiger partial charge in [-0.15, -0.1) is 5.10 Å². The van der Waals surface area contributed by atoms with Gasteiger partial charge in [-0.2, -0.15) is 0 Å². The van der Waals surface area contributed by atoms with Crippen molar-refractivity contribution in [2.45, 2.75) is 26.7 Å². The van der Waals surface area contributed by atoms with Gasteiger partial charge >= 0.3 is 0 Å². The second-order valence-corrected chi connectivity index (χ2v) is 4.37. The molecule has 2 aromatic rings. The highest BCUT2D eigenvalue weighted by Crippen LogP contribution is 2.09. The molecule has 0 spiro atoms. The number of nitrogens with zero attached hydrogens (tertiary/aromatic N) is 3. The van der Waals surface area contributed by atoms with Crippen LogP contribution in [0.2, 0.25) is 0 Å². The maximum atomic E-state index is 12.4. The van der Waals surface area contributed by atoms with E-state index in [4.69, 9.17) is 9.47 Å². The number of ether oxygens (including phenoxy) is 2. The summed E-state index contributed by atoms with van der Waals surface area (Å²) in [7, 11) is 0. The molecule has 6 nitrogen and oxygen atoms in total. The van der Waals surface area contributed by atoms with Crippen molar-refractivity contribution in [2.75, 3.05) is 13.2 Å². The van der Waals surface area contributed by atoms with E-state index in [-0.39, 0.29) is 5.78 Å². The molecule has 0 atom stereocenters. The third kappa shape index (κ3) is 3.96. The molecule has 21 heavy (non-hydrogen) atoms. The van der Waals surface area contributed by atoms with Crippen LogP contribution in [0.5, 0.6) is 0 Å². The van der Waals surface area contributed by atoms with E-state index in [2.05, 4.69) is 10.3 Å². The molecule has 0 amide bonds. The highest BCUT2D eigenvalue weighted by molar-refractivity contribution is 5.96. The number of carbonyl (C=O) groups is 1. The first-order chi connectivity index (χ1) is 10.3. The third-order valence-electron chi connectivity index (χ3n) is 2.90. The van der Waals surface area contributed by atoms with Crippen LogP contribution in [-0.4, -0.2) is 40.3 Å². The molecule has 1 aromatic heterocycles. The minimum atomic E-state index is -0.909. The van der Waals surface area contributed by atoms with Crippen LogP contribution in [0, 0.1) is 0 Å². The lowest BCUT2D eigenvalue weighted by Crippen LogP contribution is -2.30. The standard InChI is InChI=1S/C15H19N3O3/c1-3-20-15(21-4-2)14(19)13-10-16-17-18(13)11-12-8-6-5-7-9-12/h5-10,15H,3-4,11H2,1-2H3. The molecule has 0 unspecified atom stereocenters. The van der Waals surface area contributed by atoms with Crippen LogP contribution in [0.25, 0.3) is 0 Å². The Morgan fingerprint density at radius 1 is 1.19 bits per heavy atom. The SMILES string of the molecule is CCOC(OCC)C(=O)c1cnnn1Cc1ccccc1. The van der Waals surface area contributed by atoms with E-state index in [9.17, 15) is 4.79 Å². The summed E-state index contributed by atoms with van der Waals surface area (Å²) < 4.78 is 12.2. The first-order valence-electron chi connectivity index (χ1n) is 6.96. The molecule has 0 aliphatic heterocycles. The number of aromatic nitrogens is 3. The maximum Gasteiger partial charge on any atom is 0.238 e. The summed E-state index contributed by atoms with van der Waals surface area (Å²) in [6.07, 6.45) is 0.532. The van der Waals surface area contributed by atoms with E-state index in [0.29, 0.717) is 25.5 Å². The van der Waals surface area contributed by atoms with Crippen molar-refractivity contribution >= 4 is 5.78 Å². The van der Waals surface area contributed by atoms with Gasteiger partial charge < -0.3 is 9.47 Å². The van der Waals surface area contributed by atoms with Crippen LogP contribution in [0.1, 0.15) is 29.9 Å². The second kappa shape index (κ2) is 7.66. The predicted molar refractivity (Wildman–Crippen MR) is 76.9 cm³/mol. The van der Waals surface area contributed by atoms with E-state index >= 15 is 0 Å².